The van der Waals surface area contributed by atoms with Gasteiger partial charge >= 0.3 is 11.9 Å². The lowest BCUT2D eigenvalue weighted by Gasteiger charge is -2.33. The van der Waals surface area contributed by atoms with E-state index < -0.39 is 11.9 Å². The van der Waals surface area contributed by atoms with Crippen LogP contribution in [0.2, 0.25) is 0 Å². The molecule has 4 nitrogen and oxygen atoms in total. The number of aliphatic carboxylic acids is 1. The summed E-state index contributed by atoms with van der Waals surface area (Å²) in [6.07, 6.45) is 4.13. The Labute approximate surface area is 83.9 Å². The number of carbonyl (C=O) groups is 2. The molecular weight excluding hydrogens is 182 g/mol. The van der Waals surface area contributed by atoms with Crippen molar-refractivity contribution in [2.75, 3.05) is 7.05 Å². The number of rotatable bonds is 1. The molecule has 0 aromatic carbocycles. The molecule has 0 radical (unpaired) electrons. The first-order chi connectivity index (χ1) is 6.52. The fraction of sp³-hybridized carbons (Fsp3) is 0.800. The molecule has 80 valence electrons. The Hall–Kier alpha value is -1.06. The van der Waals surface area contributed by atoms with Crippen LogP contribution in [0.15, 0.2) is 0 Å². The van der Waals surface area contributed by atoms with Crippen molar-refractivity contribution in [3.05, 3.63) is 0 Å². The lowest BCUT2D eigenvalue weighted by Crippen LogP contribution is -2.43. The average molecular weight is 199 g/mol. The fourth-order valence-electron chi connectivity index (χ4n) is 2.07. The molecule has 1 saturated carbocycles. The maximum Gasteiger partial charge on any atom is 0.394 e. The molecule has 0 aliphatic heterocycles. The zero-order valence-electron chi connectivity index (χ0n) is 8.69. The summed E-state index contributed by atoms with van der Waals surface area (Å²) >= 11 is 0. The number of carboxylic acid groups (broad SMARTS) is 1. The van der Waals surface area contributed by atoms with Crippen molar-refractivity contribution in [2.24, 2.45) is 5.92 Å². The van der Waals surface area contributed by atoms with E-state index in [1.807, 2.05) is 0 Å². The molecule has 0 aromatic rings. The first-order valence-corrected chi connectivity index (χ1v) is 5.02. The highest BCUT2D eigenvalue weighted by atomic mass is 16.4. The Balaban J connectivity index is 2.55. The molecule has 1 aliphatic carbocycles. The monoisotopic (exact) mass is 199 g/mol. The molecular formula is C10H17NO3. The second kappa shape index (κ2) is 4.44. The molecule has 1 aliphatic rings. The van der Waals surface area contributed by atoms with Crippen molar-refractivity contribution < 1.29 is 14.7 Å². The van der Waals surface area contributed by atoms with Crippen LogP contribution in [0.25, 0.3) is 0 Å². The van der Waals surface area contributed by atoms with Crippen molar-refractivity contribution in [3.8, 4) is 0 Å². The average Bonchev–Trinajstić information content (AvgIpc) is 2.15. The van der Waals surface area contributed by atoms with Gasteiger partial charge in [-0.25, -0.2) is 4.79 Å². The lowest BCUT2D eigenvalue weighted by atomic mass is 9.86. The fourth-order valence-corrected chi connectivity index (χ4v) is 2.07. The Morgan fingerprint density at radius 1 is 1.36 bits per heavy atom. The molecule has 1 rings (SSSR count). The second-order valence-electron chi connectivity index (χ2n) is 4.15. The van der Waals surface area contributed by atoms with Gasteiger partial charge in [-0.1, -0.05) is 19.8 Å². The number of amides is 1. The van der Waals surface area contributed by atoms with Gasteiger partial charge in [-0.3, -0.25) is 4.79 Å². The van der Waals surface area contributed by atoms with Gasteiger partial charge in [-0.15, -0.1) is 0 Å². The van der Waals surface area contributed by atoms with Gasteiger partial charge in [0.15, 0.2) is 0 Å². The van der Waals surface area contributed by atoms with Crippen LogP contribution < -0.4 is 0 Å². The summed E-state index contributed by atoms with van der Waals surface area (Å²) < 4.78 is 0. The molecule has 1 N–H and O–H groups in total. The molecule has 2 unspecified atom stereocenters. The Morgan fingerprint density at radius 3 is 2.50 bits per heavy atom. The van der Waals surface area contributed by atoms with Crippen LogP contribution in [-0.4, -0.2) is 35.0 Å². The summed E-state index contributed by atoms with van der Waals surface area (Å²) in [5.41, 5.74) is 0. The summed E-state index contributed by atoms with van der Waals surface area (Å²) in [5, 5.41) is 8.56. The van der Waals surface area contributed by atoms with E-state index in [4.69, 9.17) is 5.11 Å². The third-order valence-electron chi connectivity index (χ3n) is 2.96. The zero-order valence-corrected chi connectivity index (χ0v) is 8.69. The van der Waals surface area contributed by atoms with Crippen LogP contribution in [0, 0.1) is 5.92 Å². The van der Waals surface area contributed by atoms with Crippen molar-refractivity contribution in [1.29, 1.82) is 0 Å². The van der Waals surface area contributed by atoms with E-state index in [2.05, 4.69) is 6.92 Å². The molecule has 1 fully saturated rings. The normalized spacial score (nSPS) is 27.0. The minimum atomic E-state index is -1.36. The van der Waals surface area contributed by atoms with E-state index in [0.29, 0.717) is 5.92 Å². The first-order valence-electron chi connectivity index (χ1n) is 5.02. The topological polar surface area (TPSA) is 57.6 Å². The zero-order chi connectivity index (χ0) is 10.7. The maximum absolute atomic E-state index is 11.2. The van der Waals surface area contributed by atoms with Gasteiger partial charge in [0, 0.05) is 13.1 Å². The van der Waals surface area contributed by atoms with Crippen molar-refractivity contribution in [2.45, 2.75) is 38.6 Å². The largest absolute Gasteiger partial charge is 0.474 e. The van der Waals surface area contributed by atoms with E-state index >= 15 is 0 Å². The van der Waals surface area contributed by atoms with Gasteiger partial charge in [0.2, 0.25) is 0 Å². The Kier molecular flexibility index (Phi) is 3.49. The number of hydrogen-bond acceptors (Lipinski definition) is 2. The van der Waals surface area contributed by atoms with E-state index in [1.54, 1.807) is 7.05 Å². The van der Waals surface area contributed by atoms with Crippen LogP contribution in [0.3, 0.4) is 0 Å². The molecule has 4 heteroatoms. The highest BCUT2D eigenvalue weighted by molar-refractivity contribution is 6.31. The third kappa shape index (κ3) is 2.47. The van der Waals surface area contributed by atoms with Gasteiger partial charge in [-0.2, -0.15) is 0 Å². The number of hydrogen-bond donors (Lipinski definition) is 1. The van der Waals surface area contributed by atoms with Gasteiger partial charge in [-0.05, 0) is 18.8 Å². The molecule has 14 heavy (non-hydrogen) atoms. The predicted molar refractivity (Wildman–Crippen MR) is 51.8 cm³/mol. The Morgan fingerprint density at radius 2 is 2.00 bits per heavy atom. The van der Waals surface area contributed by atoms with Crippen molar-refractivity contribution in [3.63, 3.8) is 0 Å². The summed E-state index contributed by atoms with van der Waals surface area (Å²) in [5.74, 6) is -1.55. The van der Waals surface area contributed by atoms with Crippen LogP contribution >= 0.6 is 0 Å². The summed E-state index contributed by atoms with van der Waals surface area (Å²) in [6, 6.07) is 0.113. The van der Waals surface area contributed by atoms with Crippen LogP contribution in [0.5, 0.6) is 0 Å². The van der Waals surface area contributed by atoms with Gasteiger partial charge in [0.1, 0.15) is 0 Å². The quantitative estimate of drug-likeness (QED) is 0.643. The molecule has 0 heterocycles. The van der Waals surface area contributed by atoms with Crippen molar-refractivity contribution in [1.82, 2.24) is 4.90 Å². The minimum Gasteiger partial charge on any atom is -0.474 e. The van der Waals surface area contributed by atoms with E-state index in [9.17, 15) is 9.59 Å². The summed E-state index contributed by atoms with van der Waals surface area (Å²) in [7, 11) is 1.58. The Bertz CT molecular complexity index is 240. The predicted octanol–water partition coefficient (Wildman–Crippen LogP) is 1.11. The summed E-state index contributed by atoms with van der Waals surface area (Å²) in [4.78, 5) is 23.0. The lowest BCUT2D eigenvalue weighted by molar-refractivity contribution is -0.156. The standard InChI is InChI=1S/C10H17NO3/c1-7-4-3-5-8(6-7)11(2)9(12)10(13)14/h7-8H,3-6H2,1-2H3,(H,13,14). The minimum absolute atomic E-state index is 0.113. The van der Waals surface area contributed by atoms with Crippen LogP contribution in [0.1, 0.15) is 32.6 Å². The molecule has 0 saturated heterocycles. The number of likely N-dealkylation sites (N-methyl/N-ethyl adjacent to an activating group) is 1. The van der Waals surface area contributed by atoms with Crippen LogP contribution in [-0.2, 0) is 9.59 Å². The number of carbonyl (C=O) groups excluding carboxylic acids is 1. The summed E-state index contributed by atoms with van der Waals surface area (Å²) in [6.45, 7) is 2.14. The highest BCUT2D eigenvalue weighted by Crippen LogP contribution is 2.26. The maximum atomic E-state index is 11.2. The highest BCUT2D eigenvalue weighted by Gasteiger charge is 2.28. The third-order valence-corrected chi connectivity index (χ3v) is 2.96. The molecule has 0 spiro atoms. The molecule has 2 atom stereocenters. The molecule has 0 bridgehead atoms. The van der Waals surface area contributed by atoms with Crippen molar-refractivity contribution >= 4 is 11.9 Å². The van der Waals surface area contributed by atoms with E-state index in [-0.39, 0.29) is 6.04 Å². The molecule has 0 aromatic heterocycles. The SMILES string of the molecule is CC1CCCC(N(C)C(=O)C(=O)O)C1. The first kappa shape index (κ1) is 11.0. The van der Waals surface area contributed by atoms with Gasteiger partial charge in [0.25, 0.3) is 0 Å². The van der Waals surface area contributed by atoms with Gasteiger partial charge < -0.3 is 10.0 Å². The molecule has 1 amide bonds. The van der Waals surface area contributed by atoms with Crippen LogP contribution in [0.4, 0.5) is 0 Å². The number of carboxylic acids is 1. The smallest absolute Gasteiger partial charge is 0.394 e. The van der Waals surface area contributed by atoms with E-state index in [0.717, 1.165) is 19.3 Å². The second-order valence-corrected chi connectivity index (χ2v) is 4.15. The number of nitrogens with zero attached hydrogens (tertiary/aromatic N) is 1. The van der Waals surface area contributed by atoms with Gasteiger partial charge in [0.05, 0.1) is 0 Å². The van der Waals surface area contributed by atoms with E-state index in [1.165, 1.54) is 11.3 Å².